The number of aryl methyl sites for hydroxylation is 1. The minimum Gasteiger partial charge on any atom is -0.455 e. The predicted octanol–water partition coefficient (Wildman–Crippen LogP) is 4.38. The van der Waals surface area contributed by atoms with E-state index < -0.39 is 0 Å². The van der Waals surface area contributed by atoms with E-state index in [4.69, 9.17) is 39.1 Å². The van der Waals surface area contributed by atoms with Gasteiger partial charge in [0.2, 0.25) is 0 Å². The van der Waals surface area contributed by atoms with Crippen LogP contribution in [0.3, 0.4) is 0 Å². The predicted molar refractivity (Wildman–Crippen MR) is 78.7 cm³/mol. The van der Waals surface area contributed by atoms with Crippen molar-refractivity contribution in [3.63, 3.8) is 0 Å². The molecule has 0 spiro atoms. The lowest BCUT2D eigenvalue weighted by molar-refractivity contribution is 0.481. The number of halogens is 2. The molecule has 2 rings (SSSR count). The Balaban J connectivity index is 2.45. The molecule has 0 saturated carbocycles. The molecule has 0 radical (unpaired) electrons. The van der Waals surface area contributed by atoms with Gasteiger partial charge in [-0.25, -0.2) is 0 Å². The molecule has 19 heavy (non-hydrogen) atoms. The van der Waals surface area contributed by atoms with Crippen molar-refractivity contribution in [2.45, 2.75) is 6.92 Å². The minimum absolute atomic E-state index is 0.0619. The Morgan fingerprint density at radius 2 is 1.89 bits per heavy atom. The molecular weight excluding hydrogens is 283 g/mol. The van der Waals surface area contributed by atoms with Gasteiger partial charge in [-0.1, -0.05) is 35.3 Å². The Bertz CT molecular complexity index is 641. The summed E-state index contributed by atoms with van der Waals surface area (Å²) in [5, 5.41) is 8.29. The van der Waals surface area contributed by atoms with Crippen LogP contribution in [0.1, 0.15) is 11.1 Å². The van der Waals surface area contributed by atoms with Gasteiger partial charge in [0, 0.05) is 0 Å². The third-order valence-electron chi connectivity index (χ3n) is 2.56. The molecule has 2 aromatic rings. The van der Waals surface area contributed by atoms with Crippen LogP contribution in [0.2, 0.25) is 10.0 Å². The highest BCUT2D eigenvalue weighted by Crippen LogP contribution is 2.35. The summed E-state index contributed by atoms with van der Waals surface area (Å²) in [6.45, 7) is 1.93. The first-order chi connectivity index (χ1) is 8.99. The van der Waals surface area contributed by atoms with Crippen LogP contribution in [0.15, 0.2) is 36.4 Å². The highest BCUT2D eigenvalue weighted by molar-refractivity contribution is 6.42. The summed E-state index contributed by atoms with van der Waals surface area (Å²) in [5.41, 5.74) is 7.04. The molecule has 5 heteroatoms. The fraction of sp³-hybridized carbons (Fsp3) is 0.0714. The lowest BCUT2D eigenvalue weighted by Crippen LogP contribution is -2.12. The van der Waals surface area contributed by atoms with Gasteiger partial charge in [0.15, 0.2) is 0 Å². The average Bonchev–Trinajstić information content (AvgIpc) is 2.35. The van der Waals surface area contributed by atoms with E-state index in [0.29, 0.717) is 27.1 Å². The molecule has 0 aliphatic heterocycles. The molecule has 0 unspecified atom stereocenters. The number of rotatable bonds is 3. The number of nitrogens with one attached hydrogen (secondary N) is 1. The van der Waals surface area contributed by atoms with Crippen molar-refractivity contribution in [3.8, 4) is 11.5 Å². The highest BCUT2D eigenvalue weighted by atomic mass is 35.5. The number of ether oxygens (including phenoxy) is 1. The fourth-order valence-electron chi connectivity index (χ4n) is 1.62. The van der Waals surface area contributed by atoms with Crippen LogP contribution in [0, 0.1) is 12.3 Å². The van der Waals surface area contributed by atoms with Gasteiger partial charge in [-0.3, -0.25) is 5.41 Å². The summed E-state index contributed by atoms with van der Waals surface area (Å²) >= 11 is 12.0. The molecule has 0 saturated heterocycles. The van der Waals surface area contributed by atoms with Crippen molar-refractivity contribution in [2.24, 2.45) is 5.73 Å². The second-order valence-electron chi connectivity index (χ2n) is 4.07. The Morgan fingerprint density at radius 1 is 1.16 bits per heavy atom. The van der Waals surface area contributed by atoms with E-state index in [-0.39, 0.29) is 5.84 Å². The van der Waals surface area contributed by atoms with Crippen LogP contribution >= 0.6 is 23.2 Å². The maximum absolute atomic E-state index is 7.55. The summed E-state index contributed by atoms with van der Waals surface area (Å²) in [6.07, 6.45) is 0. The molecule has 0 amide bonds. The highest BCUT2D eigenvalue weighted by Gasteiger charge is 2.11. The van der Waals surface area contributed by atoms with Gasteiger partial charge in [0.25, 0.3) is 0 Å². The lowest BCUT2D eigenvalue weighted by atomic mass is 10.1. The van der Waals surface area contributed by atoms with Crippen LogP contribution in [0.5, 0.6) is 11.5 Å². The maximum Gasteiger partial charge on any atom is 0.147 e. The van der Waals surface area contributed by atoms with Crippen molar-refractivity contribution < 1.29 is 4.74 Å². The van der Waals surface area contributed by atoms with Crippen molar-refractivity contribution in [1.29, 1.82) is 5.41 Å². The van der Waals surface area contributed by atoms with E-state index in [2.05, 4.69) is 0 Å². The number of benzene rings is 2. The van der Waals surface area contributed by atoms with Gasteiger partial charge in [-0.05, 0) is 36.8 Å². The molecule has 3 nitrogen and oxygen atoms in total. The third-order valence-corrected chi connectivity index (χ3v) is 3.36. The zero-order valence-corrected chi connectivity index (χ0v) is 11.7. The zero-order chi connectivity index (χ0) is 14.0. The standard InChI is InChI=1S/C14H12Cl2N2O/c1-8-5-6-9(14(17)18)12(7-8)19-11-4-2-3-10(15)13(11)16/h2-7H,1H3,(H3,17,18). The van der Waals surface area contributed by atoms with E-state index in [9.17, 15) is 0 Å². The zero-order valence-electron chi connectivity index (χ0n) is 10.2. The second-order valence-corrected chi connectivity index (χ2v) is 4.85. The topological polar surface area (TPSA) is 59.1 Å². The molecule has 3 N–H and O–H groups in total. The molecule has 0 aliphatic rings. The molecule has 2 aromatic carbocycles. The van der Waals surface area contributed by atoms with Crippen molar-refractivity contribution >= 4 is 29.0 Å². The van der Waals surface area contributed by atoms with E-state index in [1.54, 1.807) is 30.3 Å². The molecule has 98 valence electrons. The fourth-order valence-corrected chi connectivity index (χ4v) is 1.95. The number of amidine groups is 1. The summed E-state index contributed by atoms with van der Waals surface area (Å²) in [6, 6.07) is 10.5. The van der Waals surface area contributed by atoms with E-state index >= 15 is 0 Å². The minimum atomic E-state index is -0.0619. The number of hydrogen-bond acceptors (Lipinski definition) is 2. The van der Waals surface area contributed by atoms with Gasteiger partial charge in [-0.15, -0.1) is 0 Å². The van der Waals surface area contributed by atoms with Crippen LogP contribution in [0.25, 0.3) is 0 Å². The lowest BCUT2D eigenvalue weighted by Gasteiger charge is -2.12. The summed E-state index contributed by atoms with van der Waals surface area (Å²) in [7, 11) is 0. The monoisotopic (exact) mass is 294 g/mol. The SMILES string of the molecule is Cc1ccc(C(=N)N)c(Oc2cccc(Cl)c2Cl)c1. The molecular formula is C14H12Cl2N2O. The third kappa shape index (κ3) is 3.00. The Hall–Kier alpha value is -1.71. The number of hydrogen-bond donors (Lipinski definition) is 2. The Labute approximate surface area is 121 Å². The molecule has 0 heterocycles. The first-order valence-electron chi connectivity index (χ1n) is 5.56. The molecule has 0 aromatic heterocycles. The van der Waals surface area contributed by atoms with Crippen molar-refractivity contribution in [1.82, 2.24) is 0 Å². The van der Waals surface area contributed by atoms with Crippen molar-refractivity contribution in [3.05, 3.63) is 57.6 Å². The summed E-state index contributed by atoms with van der Waals surface area (Å²) in [4.78, 5) is 0. The van der Waals surface area contributed by atoms with Gasteiger partial charge >= 0.3 is 0 Å². The van der Waals surface area contributed by atoms with E-state index in [0.717, 1.165) is 5.56 Å². The largest absolute Gasteiger partial charge is 0.455 e. The van der Waals surface area contributed by atoms with Crippen molar-refractivity contribution in [2.75, 3.05) is 0 Å². The van der Waals surface area contributed by atoms with Crippen LogP contribution in [0.4, 0.5) is 0 Å². The van der Waals surface area contributed by atoms with E-state index in [1.165, 1.54) is 0 Å². The van der Waals surface area contributed by atoms with Crippen LogP contribution in [-0.2, 0) is 0 Å². The quantitative estimate of drug-likeness (QED) is 0.652. The van der Waals surface area contributed by atoms with Gasteiger partial charge in [-0.2, -0.15) is 0 Å². The molecule has 0 aliphatic carbocycles. The summed E-state index contributed by atoms with van der Waals surface area (Å²) < 4.78 is 5.73. The molecule has 0 atom stereocenters. The first kappa shape index (κ1) is 13.7. The van der Waals surface area contributed by atoms with Crippen LogP contribution < -0.4 is 10.5 Å². The van der Waals surface area contributed by atoms with Gasteiger partial charge < -0.3 is 10.5 Å². The molecule has 0 bridgehead atoms. The van der Waals surface area contributed by atoms with Gasteiger partial charge in [0.1, 0.15) is 22.4 Å². The Morgan fingerprint density at radius 3 is 2.58 bits per heavy atom. The Kier molecular flexibility index (Phi) is 3.98. The first-order valence-corrected chi connectivity index (χ1v) is 6.31. The molecule has 0 fully saturated rings. The number of nitrogens with two attached hydrogens (primary N) is 1. The second kappa shape index (κ2) is 5.51. The average molecular weight is 295 g/mol. The van der Waals surface area contributed by atoms with Gasteiger partial charge in [0.05, 0.1) is 10.6 Å². The van der Waals surface area contributed by atoms with Crippen LogP contribution in [-0.4, -0.2) is 5.84 Å². The summed E-state index contributed by atoms with van der Waals surface area (Å²) in [5.74, 6) is 0.854. The normalized spacial score (nSPS) is 10.3. The van der Waals surface area contributed by atoms with E-state index in [1.807, 2.05) is 13.0 Å². The smallest absolute Gasteiger partial charge is 0.147 e. The maximum atomic E-state index is 7.55. The number of nitrogen functional groups attached to an aromatic ring is 1.